The highest BCUT2D eigenvalue weighted by molar-refractivity contribution is 6.07. The van der Waals surface area contributed by atoms with Crippen molar-refractivity contribution in [2.45, 2.75) is 6.92 Å². The zero-order valence-electron chi connectivity index (χ0n) is 8.21. The van der Waals surface area contributed by atoms with E-state index in [0.29, 0.717) is 17.1 Å². The number of pyridine rings is 1. The van der Waals surface area contributed by atoms with E-state index in [4.69, 9.17) is 0 Å². The number of hydrogen-bond donors (Lipinski definition) is 0. The quantitative estimate of drug-likeness (QED) is 0.686. The van der Waals surface area contributed by atoms with Crippen molar-refractivity contribution in [3.05, 3.63) is 53.9 Å². The van der Waals surface area contributed by atoms with Crippen LogP contribution in [0.2, 0.25) is 0 Å². The third kappa shape index (κ3) is 2.04. The van der Waals surface area contributed by atoms with Gasteiger partial charge < -0.3 is 0 Å². The molecular weight excluding hydrogens is 190 g/mol. The van der Waals surface area contributed by atoms with Crippen LogP contribution in [0.5, 0.6) is 0 Å². The van der Waals surface area contributed by atoms with Crippen LogP contribution in [0.4, 0.5) is 0 Å². The molecule has 0 atom stereocenters. The molecule has 0 aliphatic rings. The lowest BCUT2D eigenvalue weighted by atomic mass is 10.1. The van der Waals surface area contributed by atoms with Gasteiger partial charge in [0.25, 0.3) is 0 Å². The van der Waals surface area contributed by atoms with Crippen molar-refractivity contribution < 1.29 is 4.79 Å². The molecule has 2 aromatic rings. The molecular formula is C11H9N3O. The predicted octanol–water partition coefficient (Wildman–Crippen LogP) is 1.41. The Hall–Kier alpha value is -2.10. The van der Waals surface area contributed by atoms with Crippen LogP contribution < -0.4 is 0 Å². The van der Waals surface area contributed by atoms with Gasteiger partial charge in [-0.05, 0) is 25.1 Å². The Morgan fingerprint density at radius 3 is 2.80 bits per heavy atom. The lowest BCUT2D eigenvalue weighted by Crippen LogP contribution is -2.05. The molecule has 0 saturated heterocycles. The number of aromatic nitrogens is 3. The number of hydrogen-bond acceptors (Lipinski definition) is 4. The summed E-state index contributed by atoms with van der Waals surface area (Å²) in [6.45, 7) is 1.75. The maximum absolute atomic E-state index is 11.9. The topological polar surface area (TPSA) is 55.7 Å². The number of aryl methyl sites for hydroxylation is 1. The van der Waals surface area contributed by atoms with Crippen LogP contribution in [0, 0.1) is 6.92 Å². The Bertz CT molecular complexity index is 482. The van der Waals surface area contributed by atoms with E-state index in [9.17, 15) is 4.79 Å². The van der Waals surface area contributed by atoms with Gasteiger partial charge in [0, 0.05) is 24.2 Å². The van der Waals surface area contributed by atoms with Crippen LogP contribution in [-0.2, 0) is 0 Å². The van der Waals surface area contributed by atoms with Crippen molar-refractivity contribution in [1.29, 1.82) is 0 Å². The molecule has 0 amide bonds. The van der Waals surface area contributed by atoms with Crippen LogP contribution in [0.1, 0.15) is 21.9 Å². The summed E-state index contributed by atoms with van der Waals surface area (Å²) in [5.74, 6) is 0.457. The molecule has 0 N–H and O–H groups in total. The molecule has 15 heavy (non-hydrogen) atoms. The average molecular weight is 199 g/mol. The maximum Gasteiger partial charge on any atom is 0.213 e. The molecule has 2 heterocycles. The number of carbonyl (C=O) groups excluding carboxylic acids is 1. The second-order valence-corrected chi connectivity index (χ2v) is 3.06. The first kappa shape index (κ1) is 9.45. The van der Waals surface area contributed by atoms with E-state index in [-0.39, 0.29) is 5.78 Å². The normalized spacial score (nSPS) is 9.93. The van der Waals surface area contributed by atoms with Gasteiger partial charge in [0.2, 0.25) is 5.78 Å². The molecule has 0 aromatic carbocycles. The first-order chi connectivity index (χ1) is 7.27. The van der Waals surface area contributed by atoms with Crippen molar-refractivity contribution in [1.82, 2.24) is 15.0 Å². The van der Waals surface area contributed by atoms with Gasteiger partial charge >= 0.3 is 0 Å². The van der Waals surface area contributed by atoms with Gasteiger partial charge in [-0.2, -0.15) is 0 Å². The van der Waals surface area contributed by atoms with Crippen molar-refractivity contribution >= 4 is 5.78 Å². The summed E-state index contributed by atoms with van der Waals surface area (Å²) >= 11 is 0. The van der Waals surface area contributed by atoms with Gasteiger partial charge in [-0.25, -0.2) is 9.97 Å². The largest absolute Gasteiger partial charge is 0.287 e. The van der Waals surface area contributed by atoms with Crippen molar-refractivity contribution in [3.63, 3.8) is 0 Å². The Kier molecular flexibility index (Phi) is 2.49. The van der Waals surface area contributed by atoms with Crippen LogP contribution in [0.25, 0.3) is 0 Å². The Morgan fingerprint density at radius 2 is 2.13 bits per heavy atom. The molecule has 0 saturated carbocycles. The number of rotatable bonds is 2. The van der Waals surface area contributed by atoms with Gasteiger partial charge in [0.05, 0.1) is 0 Å². The highest BCUT2D eigenvalue weighted by atomic mass is 16.1. The lowest BCUT2D eigenvalue weighted by Gasteiger charge is -1.99. The van der Waals surface area contributed by atoms with Gasteiger partial charge in [-0.1, -0.05) is 0 Å². The fraction of sp³-hybridized carbons (Fsp3) is 0.0909. The Labute approximate surface area is 87.0 Å². The molecule has 2 rings (SSSR count). The summed E-state index contributed by atoms with van der Waals surface area (Å²) in [6.07, 6.45) is 4.73. The molecule has 0 bridgehead atoms. The monoisotopic (exact) mass is 199 g/mol. The SMILES string of the molecule is Cc1nccc(C(=O)c2cccnc2)n1. The molecule has 0 aliphatic carbocycles. The second-order valence-electron chi connectivity index (χ2n) is 3.06. The fourth-order valence-corrected chi connectivity index (χ4v) is 1.23. The standard InChI is InChI=1S/C11H9N3O/c1-8-13-6-4-10(14-8)11(15)9-3-2-5-12-7-9/h2-7H,1H3. The number of carbonyl (C=O) groups is 1. The van der Waals surface area contributed by atoms with Crippen LogP contribution >= 0.6 is 0 Å². The zero-order valence-corrected chi connectivity index (χ0v) is 8.21. The van der Waals surface area contributed by atoms with E-state index < -0.39 is 0 Å². The summed E-state index contributed by atoms with van der Waals surface area (Å²) < 4.78 is 0. The van der Waals surface area contributed by atoms with E-state index in [1.807, 2.05) is 0 Å². The molecule has 2 aromatic heterocycles. The smallest absolute Gasteiger partial charge is 0.213 e. The van der Waals surface area contributed by atoms with Crippen molar-refractivity contribution in [2.75, 3.05) is 0 Å². The fourth-order valence-electron chi connectivity index (χ4n) is 1.23. The lowest BCUT2D eigenvalue weighted by molar-refractivity contribution is 0.103. The van der Waals surface area contributed by atoms with Crippen LogP contribution in [0.15, 0.2) is 36.8 Å². The minimum atomic E-state index is -0.131. The summed E-state index contributed by atoms with van der Waals surface area (Å²) in [4.78, 5) is 23.8. The number of nitrogens with zero attached hydrogens (tertiary/aromatic N) is 3. The third-order valence-corrected chi connectivity index (χ3v) is 1.93. The molecule has 4 heteroatoms. The minimum absolute atomic E-state index is 0.131. The van der Waals surface area contributed by atoms with Crippen LogP contribution in [-0.4, -0.2) is 20.7 Å². The highest BCUT2D eigenvalue weighted by Crippen LogP contribution is 2.05. The highest BCUT2D eigenvalue weighted by Gasteiger charge is 2.10. The van der Waals surface area contributed by atoms with Gasteiger partial charge in [-0.15, -0.1) is 0 Å². The van der Waals surface area contributed by atoms with E-state index in [1.54, 1.807) is 37.5 Å². The van der Waals surface area contributed by atoms with Crippen molar-refractivity contribution in [3.8, 4) is 0 Å². The molecule has 0 spiro atoms. The summed E-state index contributed by atoms with van der Waals surface area (Å²) in [5, 5.41) is 0. The molecule has 74 valence electrons. The average Bonchev–Trinajstić information content (AvgIpc) is 2.29. The number of ketones is 1. The second kappa shape index (κ2) is 3.96. The molecule has 0 aliphatic heterocycles. The van der Waals surface area contributed by atoms with E-state index >= 15 is 0 Å². The van der Waals surface area contributed by atoms with E-state index in [1.165, 1.54) is 6.20 Å². The van der Waals surface area contributed by atoms with E-state index in [2.05, 4.69) is 15.0 Å². The van der Waals surface area contributed by atoms with Gasteiger partial charge in [0.15, 0.2) is 0 Å². The molecule has 0 unspecified atom stereocenters. The summed E-state index contributed by atoms with van der Waals surface area (Å²) in [5.41, 5.74) is 0.936. The molecule has 0 radical (unpaired) electrons. The van der Waals surface area contributed by atoms with Crippen molar-refractivity contribution in [2.24, 2.45) is 0 Å². The first-order valence-electron chi connectivity index (χ1n) is 4.52. The third-order valence-electron chi connectivity index (χ3n) is 1.93. The van der Waals surface area contributed by atoms with Crippen LogP contribution in [0.3, 0.4) is 0 Å². The van der Waals surface area contributed by atoms with Gasteiger partial charge in [-0.3, -0.25) is 9.78 Å². The molecule has 0 fully saturated rings. The van der Waals surface area contributed by atoms with Gasteiger partial charge in [0.1, 0.15) is 11.5 Å². The zero-order chi connectivity index (χ0) is 10.7. The first-order valence-corrected chi connectivity index (χ1v) is 4.52. The summed E-state index contributed by atoms with van der Waals surface area (Å²) in [6, 6.07) is 5.04. The predicted molar refractivity (Wildman–Crippen MR) is 54.4 cm³/mol. The molecule has 4 nitrogen and oxygen atoms in total. The van der Waals surface area contributed by atoms with E-state index in [0.717, 1.165) is 0 Å². The Morgan fingerprint density at radius 1 is 1.27 bits per heavy atom. The Balaban J connectivity index is 2.37. The minimum Gasteiger partial charge on any atom is -0.287 e. The summed E-state index contributed by atoms with van der Waals surface area (Å²) in [7, 11) is 0. The maximum atomic E-state index is 11.9.